The van der Waals surface area contributed by atoms with Crippen molar-refractivity contribution in [3.8, 4) is 17.2 Å². The van der Waals surface area contributed by atoms with E-state index in [2.05, 4.69) is 20.2 Å². The Hall–Kier alpha value is -3.17. The van der Waals surface area contributed by atoms with Gasteiger partial charge in [0.15, 0.2) is 11.5 Å². The standard InChI is InChI=1S/C25H31N5O4/c1-17-22(32-2)14-21-20(28-17)3-4-25(31)30(21)10-9-29-7-5-18(6-8-29)26-15-19-13-23-24(16-27-19)34-12-11-33-23/h3-4,13-14,16,18,26H,5-12,15H2,1-2H3. The van der Waals surface area contributed by atoms with Crippen molar-refractivity contribution in [2.24, 2.45) is 0 Å². The number of pyridine rings is 3. The second kappa shape index (κ2) is 9.99. The van der Waals surface area contributed by atoms with Crippen LogP contribution in [0.4, 0.5) is 0 Å². The van der Waals surface area contributed by atoms with Gasteiger partial charge in [-0.15, -0.1) is 0 Å². The molecule has 9 heteroatoms. The molecule has 0 atom stereocenters. The number of ether oxygens (including phenoxy) is 3. The average Bonchev–Trinajstić information content (AvgIpc) is 2.87. The molecule has 1 saturated heterocycles. The van der Waals surface area contributed by atoms with Crippen LogP contribution in [-0.4, -0.2) is 65.4 Å². The number of aryl methyl sites for hydroxylation is 1. The van der Waals surface area contributed by atoms with Gasteiger partial charge in [-0.1, -0.05) is 0 Å². The molecule has 34 heavy (non-hydrogen) atoms. The molecule has 2 aliphatic rings. The van der Waals surface area contributed by atoms with Gasteiger partial charge < -0.3 is 29.0 Å². The fourth-order valence-corrected chi connectivity index (χ4v) is 4.67. The largest absolute Gasteiger partial charge is 0.495 e. The molecule has 180 valence electrons. The van der Waals surface area contributed by atoms with Gasteiger partial charge in [0.1, 0.15) is 19.0 Å². The molecule has 0 saturated carbocycles. The van der Waals surface area contributed by atoms with Crippen LogP contribution < -0.4 is 25.1 Å². The fraction of sp³-hybridized carbons (Fsp3) is 0.480. The molecule has 0 radical (unpaired) electrons. The lowest BCUT2D eigenvalue weighted by Crippen LogP contribution is -2.43. The lowest BCUT2D eigenvalue weighted by atomic mass is 10.0. The summed E-state index contributed by atoms with van der Waals surface area (Å²) in [5.74, 6) is 2.20. The molecule has 0 spiro atoms. The smallest absolute Gasteiger partial charge is 0.251 e. The highest BCUT2D eigenvalue weighted by molar-refractivity contribution is 5.76. The molecule has 1 fully saturated rings. The summed E-state index contributed by atoms with van der Waals surface area (Å²) >= 11 is 0. The number of piperidine rings is 1. The summed E-state index contributed by atoms with van der Waals surface area (Å²) in [5, 5.41) is 3.63. The number of nitrogens with one attached hydrogen (secondary N) is 1. The van der Waals surface area contributed by atoms with Crippen LogP contribution in [0.25, 0.3) is 11.0 Å². The number of methoxy groups -OCH3 is 1. The number of hydrogen-bond acceptors (Lipinski definition) is 8. The lowest BCUT2D eigenvalue weighted by Gasteiger charge is -2.32. The zero-order chi connectivity index (χ0) is 23.5. The Morgan fingerprint density at radius 1 is 1.12 bits per heavy atom. The Kier molecular flexibility index (Phi) is 6.64. The molecular formula is C25H31N5O4. The van der Waals surface area contributed by atoms with Gasteiger partial charge in [0.25, 0.3) is 5.56 Å². The normalized spacial score (nSPS) is 16.6. The molecule has 5 heterocycles. The number of likely N-dealkylation sites (tertiary alicyclic amines) is 1. The Balaban J connectivity index is 1.15. The maximum Gasteiger partial charge on any atom is 0.251 e. The molecule has 0 amide bonds. The molecular weight excluding hydrogens is 434 g/mol. The van der Waals surface area contributed by atoms with Crippen molar-refractivity contribution >= 4 is 11.0 Å². The molecule has 1 N–H and O–H groups in total. The topological polar surface area (TPSA) is 90.7 Å². The monoisotopic (exact) mass is 465 g/mol. The second-order valence-electron chi connectivity index (χ2n) is 8.82. The highest BCUT2D eigenvalue weighted by atomic mass is 16.6. The molecule has 3 aromatic rings. The van der Waals surface area contributed by atoms with E-state index in [1.54, 1.807) is 25.4 Å². The Morgan fingerprint density at radius 3 is 2.71 bits per heavy atom. The van der Waals surface area contributed by atoms with E-state index in [4.69, 9.17) is 14.2 Å². The third-order valence-electron chi connectivity index (χ3n) is 6.62. The van der Waals surface area contributed by atoms with Gasteiger partial charge in [0.2, 0.25) is 0 Å². The van der Waals surface area contributed by atoms with Gasteiger partial charge in [-0.25, -0.2) is 4.98 Å². The van der Waals surface area contributed by atoms with Crippen molar-refractivity contribution in [1.82, 2.24) is 24.8 Å². The summed E-state index contributed by atoms with van der Waals surface area (Å²) in [4.78, 5) is 24.1. The minimum atomic E-state index is -0.0105. The Morgan fingerprint density at radius 2 is 1.91 bits per heavy atom. The summed E-state index contributed by atoms with van der Waals surface area (Å²) in [5.41, 5.74) is 3.40. The lowest BCUT2D eigenvalue weighted by molar-refractivity contribution is 0.170. The summed E-state index contributed by atoms with van der Waals surface area (Å²) in [6.07, 6.45) is 3.86. The quantitative estimate of drug-likeness (QED) is 0.568. The number of fused-ring (bicyclic) bond motifs is 2. The van der Waals surface area contributed by atoms with Crippen molar-refractivity contribution in [3.63, 3.8) is 0 Å². The van der Waals surface area contributed by atoms with Crippen LogP contribution in [-0.2, 0) is 13.1 Å². The van der Waals surface area contributed by atoms with E-state index in [1.807, 2.05) is 23.6 Å². The van der Waals surface area contributed by atoms with E-state index in [-0.39, 0.29) is 5.56 Å². The first-order valence-corrected chi connectivity index (χ1v) is 11.9. The molecule has 5 rings (SSSR count). The molecule has 0 bridgehead atoms. The first-order chi connectivity index (χ1) is 16.6. The third-order valence-corrected chi connectivity index (χ3v) is 6.62. The predicted molar refractivity (Wildman–Crippen MR) is 129 cm³/mol. The highest BCUT2D eigenvalue weighted by Gasteiger charge is 2.20. The summed E-state index contributed by atoms with van der Waals surface area (Å²) in [7, 11) is 1.63. The van der Waals surface area contributed by atoms with Crippen molar-refractivity contribution in [1.29, 1.82) is 0 Å². The fourth-order valence-electron chi connectivity index (χ4n) is 4.67. The van der Waals surface area contributed by atoms with Crippen LogP contribution in [0.1, 0.15) is 24.2 Å². The van der Waals surface area contributed by atoms with E-state index in [1.165, 1.54) is 0 Å². The average molecular weight is 466 g/mol. The third kappa shape index (κ3) is 4.85. The molecule has 0 aliphatic carbocycles. The maximum atomic E-state index is 12.6. The summed E-state index contributed by atoms with van der Waals surface area (Å²) in [6.45, 7) is 7.21. The molecule has 0 aromatic carbocycles. The molecule has 0 unspecified atom stereocenters. The van der Waals surface area contributed by atoms with Crippen LogP contribution in [0.3, 0.4) is 0 Å². The van der Waals surface area contributed by atoms with Crippen LogP contribution >= 0.6 is 0 Å². The first-order valence-electron chi connectivity index (χ1n) is 11.9. The van der Waals surface area contributed by atoms with E-state index in [0.717, 1.165) is 66.4 Å². The van der Waals surface area contributed by atoms with E-state index < -0.39 is 0 Å². The summed E-state index contributed by atoms with van der Waals surface area (Å²) < 4.78 is 18.4. The van der Waals surface area contributed by atoms with E-state index >= 15 is 0 Å². The zero-order valence-electron chi connectivity index (χ0n) is 19.7. The minimum Gasteiger partial charge on any atom is -0.495 e. The number of rotatable bonds is 7. The molecule has 2 aliphatic heterocycles. The minimum absolute atomic E-state index is 0.0105. The molecule has 3 aromatic heterocycles. The van der Waals surface area contributed by atoms with Gasteiger partial charge in [0.05, 0.1) is 35.7 Å². The van der Waals surface area contributed by atoms with Crippen molar-refractivity contribution in [2.75, 3.05) is 40.0 Å². The van der Waals surface area contributed by atoms with Gasteiger partial charge in [-0.05, 0) is 38.9 Å². The van der Waals surface area contributed by atoms with Crippen LogP contribution in [0.2, 0.25) is 0 Å². The van der Waals surface area contributed by atoms with Crippen molar-refractivity contribution in [3.05, 3.63) is 52.2 Å². The van der Waals surface area contributed by atoms with Crippen LogP contribution in [0, 0.1) is 6.92 Å². The molecule has 9 nitrogen and oxygen atoms in total. The number of hydrogen-bond donors (Lipinski definition) is 1. The van der Waals surface area contributed by atoms with Gasteiger partial charge in [-0.2, -0.15) is 0 Å². The maximum absolute atomic E-state index is 12.6. The van der Waals surface area contributed by atoms with Gasteiger partial charge in [-0.3, -0.25) is 9.78 Å². The second-order valence-corrected chi connectivity index (χ2v) is 8.82. The van der Waals surface area contributed by atoms with E-state index in [0.29, 0.717) is 38.1 Å². The Labute approximate surface area is 198 Å². The predicted octanol–water partition coefficient (Wildman–Crippen LogP) is 2.13. The van der Waals surface area contributed by atoms with E-state index in [9.17, 15) is 4.79 Å². The highest BCUT2D eigenvalue weighted by Crippen LogP contribution is 2.29. The summed E-state index contributed by atoms with van der Waals surface area (Å²) in [6, 6.07) is 7.71. The van der Waals surface area contributed by atoms with Crippen molar-refractivity contribution < 1.29 is 14.2 Å². The van der Waals surface area contributed by atoms with Crippen LogP contribution in [0.15, 0.2) is 35.3 Å². The first kappa shape index (κ1) is 22.6. The number of aromatic nitrogens is 3. The Bertz CT molecular complexity index is 1220. The number of nitrogens with zero attached hydrogens (tertiary/aromatic N) is 4. The van der Waals surface area contributed by atoms with Crippen molar-refractivity contribution in [2.45, 2.75) is 38.9 Å². The zero-order valence-corrected chi connectivity index (χ0v) is 19.7. The van der Waals surface area contributed by atoms with Gasteiger partial charge >= 0.3 is 0 Å². The SMILES string of the molecule is COc1cc2c(ccc(=O)n2CCN2CCC(NCc3cc4c(cn3)OCCO4)CC2)nc1C. The van der Waals surface area contributed by atoms with Crippen LogP contribution in [0.5, 0.6) is 17.2 Å². The van der Waals surface area contributed by atoms with Gasteiger partial charge in [0, 0.05) is 43.9 Å².